The van der Waals surface area contributed by atoms with Crippen LogP contribution in [0.1, 0.15) is 27.7 Å². The van der Waals surface area contributed by atoms with Gasteiger partial charge in [0.15, 0.2) is 11.6 Å². The van der Waals surface area contributed by atoms with Crippen molar-refractivity contribution in [2.45, 2.75) is 45.4 Å². The lowest BCUT2D eigenvalue weighted by Gasteiger charge is -2.32. The fourth-order valence-electron chi connectivity index (χ4n) is 2.68. The van der Waals surface area contributed by atoms with Gasteiger partial charge in [0, 0.05) is 11.1 Å². The van der Waals surface area contributed by atoms with E-state index >= 15 is 0 Å². The molecule has 0 radical (unpaired) electrons. The first-order valence-electron chi connectivity index (χ1n) is 8.07. The minimum absolute atomic E-state index is 0.136. The van der Waals surface area contributed by atoms with Crippen LogP contribution in [0.3, 0.4) is 0 Å². The molecule has 2 aromatic carbocycles. The van der Waals surface area contributed by atoms with Crippen LogP contribution in [-0.4, -0.2) is 45.2 Å². The Bertz CT molecular complexity index is 840. The number of aromatic hydroxyl groups is 1. The smallest absolute Gasteiger partial charge is 0.495 e. The van der Waals surface area contributed by atoms with E-state index in [0.29, 0.717) is 11.2 Å². The van der Waals surface area contributed by atoms with E-state index in [4.69, 9.17) is 30.4 Å². The summed E-state index contributed by atoms with van der Waals surface area (Å²) < 4.78 is 39.2. The number of nitrogen functional groups attached to an aromatic ring is 1. The molecule has 0 amide bonds. The quantitative estimate of drug-likeness (QED) is 0.281. The van der Waals surface area contributed by atoms with Crippen LogP contribution < -0.4 is 11.2 Å². The highest BCUT2D eigenvalue weighted by molar-refractivity contribution is 6.65. The van der Waals surface area contributed by atoms with Gasteiger partial charge < -0.3 is 35.5 Å². The van der Waals surface area contributed by atoms with Crippen LogP contribution in [0.15, 0.2) is 18.2 Å². The lowest BCUT2D eigenvalue weighted by molar-refractivity contribution is -0.198. The van der Waals surface area contributed by atoms with E-state index in [1.165, 1.54) is 6.07 Å². The maximum atomic E-state index is 13.8. The van der Waals surface area contributed by atoms with Gasteiger partial charge in [-0.1, -0.05) is 0 Å². The number of fused-ring (bicyclic) bond motifs is 1. The van der Waals surface area contributed by atoms with Gasteiger partial charge in [0.25, 0.3) is 6.48 Å². The molecule has 1 aliphatic rings. The number of benzene rings is 2. The van der Waals surface area contributed by atoms with Crippen molar-refractivity contribution in [2.24, 2.45) is 0 Å². The van der Waals surface area contributed by atoms with Crippen LogP contribution in [0.25, 0.3) is 10.8 Å². The van der Waals surface area contributed by atoms with Gasteiger partial charge in [-0.15, -0.1) is 0 Å². The zero-order valence-corrected chi connectivity index (χ0v) is 15.3. The Morgan fingerprint density at radius 2 is 1.48 bits per heavy atom. The fraction of sp³-hybridized carbons (Fsp3) is 0.412. The molecular weight excluding hydrogens is 363 g/mol. The van der Waals surface area contributed by atoms with Gasteiger partial charge in [-0.3, -0.25) is 0 Å². The Morgan fingerprint density at radius 1 is 1.00 bits per heavy atom. The van der Waals surface area contributed by atoms with Crippen molar-refractivity contribution in [3.05, 3.63) is 29.8 Å². The summed E-state index contributed by atoms with van der Waals surface area (Å²) in [7, 11) is -0.846. The number of hydrogen-bond acceptors (Lipinski definition) is 7. The Morgan fingerprint density at radius 3 is 1.96 bits per heavy atom. The first kappa shape index (κ1) is 21.3. The van der Waals surface area contributed by atoms with Gasteiger partial charge in [-0.05, 0) is 56.7 Å². The Kier molecular flexibility index (Phi) is 5.70. The number of aliphatic hydroxyl groups excluding tert-OH is 1. The summed E-state index contributed by atoms with van der Waals surface area (Å²) in [6.07, 6.45) is 0. The number of nitrogens with two attached hydrogens (primary N) is 1. The Labute approximate surface area is 155 Å². The number of hydrogen-bond donors (Lipinski definition) is 5. The van der Waals surface area contributed by atoms with Gasteiger partial charge in [-0.2, -0.15) is 4.39 Å². The number of aliphatic hydroxyl groups is 3. The average molecular weight is 385 g/mol. The highest BCUT2D eigenvalue weighted by atomic mass is 19.2. The minimum Gasteiger partial charge on any atom is -0.504 e. The van der Waals surface area contributed by atoms with Gasteiger partial charge >= 0.3 is 7.12 Å². The van der Waals surface area contributed by atoms with Crippen molar-refractivity contribution >= 4 is 29.0 Å². The predicted molar refractivity (Wildman–Crippen MR) is 96.1 cm³/mol. The largest absolute Gasteiger partial charge is 0.504 e. The molecule has 0 bridgehead atoms. The van der Waals surface area contributed by atoms with E-state index in [1.807, 2.05) is 27.7 Å². The van der Waals surface area contributed by atoms with Crippen LogP contribution >= 0.6 is 0 Å². The second kappa shape index (κ2) is 7.21. The molecule has 2 aromatic rings. The second-order valence-electron chi connectivity index (χ2n) is 7.16. The number of phenolic OH excluding ortho intramolecular Hbond substituents is 1. The van der Waals surface area contributed by atoms with Crippen LogP contribution in [-0.2, 0) is 9.31 Å². The van der Waals surface area contributed by atoms with Crippen LogP contribution in [0.2, 0.25) is 0 Å². The summed E-state index contributed by atoms with van der Waals surface area (Å²) >= 11 is 0. The van der Waals surface area contributed by atoms with Crippen LogP contribution in [0.4, 0.5) is 14.5 Å². The molecule has 1 aliphatic heterocycles. The second-order valence-corrected chi connectivity index (χ2v) is 7.16. The first-order valence-corrected chi connectivity index (χ1v) is 8.07. The molecule has 6 N–H and O–H groups in total. The molecule has 1 fully saturated rings. The Balaban J connectivity index is 0.000000596. The van der Waals surface area contributed by atoms with Crippen molar-refractivity contribution in [1.82, 2.24) is 0 Å². The molecule has 148 valence electrons. The summed E-state index contributed by atoms with van der Waals surface area (Å²) in [5.74, 6) is -3.22. The lowest BCUT2D eigenvalue weighted by Crippen LogP contribution is -2.41. The molecule has 7 nitrogen and oxygen atoms in total. The number of phenols is 1. The summed E-state index contributed by atoms with van der Waals surface area (Å²) in [6, 6.07) is 4.00. The summed E-state index contributed by atoms with van der Waals surface area (Å²) in [5.41, 5.74) is 5.35. The first-order chi connectivity index (χ1) is 12.3. The topological polar surface area (TPSA) is 125 Å². The molecule has 0 atom stereocenters. The third kappa shape index (κ3) is 4.15. The molecule has 0 aliphatic carbocycles. The third-order valence-corrected chi connectivity index (χ3v) is 4.67. The molecular formula is C17H22BF2NO6. The zero-order valence-electron chi connectivity index (χ0n) is 15.3. The van der Waals surface area contributed by atoms with E-state index in [1.54, 1.807) is 6.07 Å². The van der Waals surface area contributed by atoms with Crippen molar-refractivity contribution in [3.8, 4) is 5.75 Å². The fourth-order valence-corrected chi connectivity index (χ4v) is 2.68. The molecule has 0 unspecified atom stereocenters. The standard InChI is InChI=1S/C16H18BF2NO3.CH4O3/c1-15(2)16(3,4)23-17(22-15)10-7-9(20)5-8-6-11(18)13(19)14(21)12(8)10;2-1(3)4/h5-7,21H,20H2,1-4H3;1-4H. The summed E-state index contributed by atoms with van der Waals surface area (Å²) in [4.78, 5) is 0. The van der Waals surface area contributed by atoms with E-state index in [-0.39, 0.29) is 10.8 Å². The minimum atomic E-state index is -2.17. The van der Waals surface area contributed by atoms with Gasteiger partial charge in [0.1, 0.15) is 0 Å². The predicted octanol–water partition coefficient (Wildman–Crippen LogP) is 0.952. The van der Waals surface area contributed by atoms with Crippen molar-refractivity contribution in [3.63, 3.8) is 0 Å². The highest BCUT2D eigenvalue weighted by Gasteiger charge is 2.52. The maximum Gasteiger partial charge on any atom is 0.495 e. The van der Waals surface area contributed by atoms with E-state index in [0.717, 1.165) is 6.07 Å². The number of anilines is 1. The molecule has 1 heterocycles. The molecule has 1 saturated heterocycles. The van der Waals surface area contributed by atoms with Gasteiger partial charge in [0.05, 0.1) is 11.2 Å². The van der Waals surface area contributed by atoms with Gasteiger partial charge in [0.2, 0.25) is 5.82 Å². The molecule has 0 saturated carbocycles. The van der Waals surface area contributed by atoms with E-state index < -0.39 is 42.2 Å². The maximum absolute atomic E-state index is 13.8. The average Bonchev–Trinajstić information content (AvgIpc) is 2.71. The van der Waals surface area contributed by atoms with Crippen molar-refractivity contribution in [2.75, 3.05) is 5.73 Å². The molecule has 0 spiro atoms. The Hall–Kier alpha value is -1.98. The van der Waals surface area contributed by atoms with Crippen LogP contribution in [0.5, 0.6) is 5.75 Å². The van der Waals surface area contributed by atoms with Crippen LogP contribution in [0, 0.1) is 11.6 Å². The third-order valence-electron chi connectivity index (χ3n) is 4.67. The molecule has 3 rings (SSSR count). The molecule has 10 heteroatoms. The summed E-state index contributed by atoms with van der Waals surface area (Å²) in [6.45, 7) is 5.34. The lowest BCUT2D eigenvalue weighted by atomic mass is 9.75. The number of halogens is 2. The van der Waals surface area contributed by atoms with Crippen molar-refractivity contribution in [1.29, 1.82) is 0 Å². The van der Waals surface area contributed by atoms with E-state index in [9.17, 15) is 13.9 Å². The molecule has 0 aromatic heterocycles. The summed E-state index contributed by atoms with van der Waals surface area (Å²) in [5, 5.41) is 32.0. The highest BCUT2D eigenvalue weighted by Crippen LogP contribution is 2.38. The van der Waals surface area contributed by atoms with Gasteiger partial charge in [-0.25, -0.2) is 4.39 Å². The number of rotatable bonds is 1. The van der Waals surface area contributed by atoms with E-state index in [2.05, 4.69) is 0 Å². The van der Waals surface area contributed by atoms with Crippen molar-refractivity contribution < 1.29 is 38.5 Å². The zero-order chi connectivity index (χ0) is 20.7. The molecule has 27 heavy (non-hydrogen) atoms. The monoisotopic (exact) mass is 385 g/mol. The SMILES string of the molecule is CC1(C)OB(c2cc(N)cc3cc(F)c(F)c(O)c23)OC1(C)C.OC(O)O. The normalized spacial score (nSPS) is 17.9.